The van der Waals surface area contributed by atoms with E-state index in [-0.39, 0.29) is 12.2 Å². The minimum atomic E-state index is 0.000463. The summed E-state index contributed by atoms with van der Waals surface area (Å²) in [7, 11) is 0. The van der Waals surface area contributed by atoms with Crippen LogP contribution in [-0.4, -0.2) is 22.9 Å². The molecule has 98 valence electrons. The maximum Gasteiger partial charge on any atom is 0.241 e. The Bertz CT molecular complexity index is 427. The minimum Gasteiger partial charge on any atom is -0.319 e. The second kappa shape index (κ2) is 4.67. The van der Waals surface area contributed by atoms with Gasteiger partial charge in [-0.25, -0.2) is 0 Å². The van der Waals surface area contributed by atoms with E-state index in [0.717, 1.165) is 6.42 Å². The van der Waals surface area contributed by atoms with Gasteiger partial charge in [0.15, 0.2) is 0 Å². The first-order valence-corrected chi connectivity index (χ1v) is 7.77. The first-order valence-electron chi connectivity index (χ1n) is 6.82. The Morgan fingerprint density at radius 3 is 2.89 bits per heavy atom. The molecule has 18 heavy (non-hydrogen) atoms. The van der Waals surface area contributed by atoms with Gasteiger partial charge in [0.25, 0.3) is 0 Å². The van der Waals surface area contributed by atoms with Gasteiger partial charge in [0.1, 0.15) is 6.17 Å². The Kier molecular flexibility index (Phi) is 3.16. The molecule has 3 atom stereocenters. The summed E-state index contributed by atoms with van der Waals surface area (Å²) in [4.78, 5) is 14.7. The van der Waals surface area contributed by atoms with Crippen molar-refractivity contribution in [2.24, 2.45) is 5.92 Å². The van der Waals surface area contributed by atoms with Crippen LogP contribution in [0.4, 0.5) is 0 Å². The highest BCUT2D eigenvalue weighted by Gasteiger charge is 2.47. The third-order valence-electron chi connectivity index (χ3n) is 4.15. The van der Waals surface area contributed by atoms with Gasteiger partial charge in [-0.2, -0.15) is 11.3 Å². The Morgan fingerprint density at radius 2 is 2.33 bits per heavy atom. The average molecular weight is 264 g/mol. The van der Waals surface area contributed by atoms with E-state index < -0.39 is 0 Å². The van der Waals surface area contributed by atoms with Gasteiger partial charge in [-0.05, 0) is 41.1 Å². The van der Waals surface area contributed by atoms with Crippen LogP contribution in [-0.2, 0) is 4.79 Å². The first-order chi connectivity index (χ1) is 8.72. The van der Waals surface area contributed by atoms with E-state index in [1.807, 2.05) is 0 Å². The molecule has 0 spiro atoms. The molecule has 4 heteroatoms. The van der Waals surface area contributed by atoms with Crippen molar-refractivity contribution in [2.45, 2.75) is 51.4 Å². The van der Waals surface area contributed by atoms with Crippen LogP contribution in [0, 0.1) is 5.92 Å². The van der Waals surface area contributed by atoms with Gasteiger partial charge in [0.05, 0.1) is 6.04 Å². The SMILES string of the molecule is CCC(C)C1NC(c2ccsc2)N(C2CC2)C1=O. The number of nitrogens with zero attached hydrogens (tertiary/aromatic N) is 1. The molecule has 1 aromatic heterocycles. The number of nitrogens with one attached hydrogen (secondary N) is 1. The van der Waals surface area contributed by atoms with E-state index >= 15 is 0 Å². The second-order valence-electron chi connectivity index (χ2n) is 5.47. The van der Waals surface area contributed by atoms with Crippen molar-refractivity contribution in [3.05, 3.63) is 22.4 Å². The van der Waals surface area contributed by atoms with Gasteiger partial charge >= 0.3 is 0 Å². The fourth-order valence-electron chi connectivity index (χ4n) is 2.68. The number of hydrogen-bond acceptors (Lipinski definition) is 3. The molecule has 1 N–H and O–H groups in total. The van der Waals surface area contributed by atoms with Crippen molar-refractivity contribution in [1.82, 2.24) is 10.2 Å². The third kappa shape index (κ3) is 1.97. The quantitative estimate of drug-likeness (QED) is 0.907. The Morgan fingerprint density at radius 1 is 1.56 bits per heavy atom. The van der Waals surface area contributed by atoms with E-state index in [0.29, 0.717) is 17.9 Å². The summed E-state index contributed by atoms with van der Waals surface area (Å²) in [6.45, 7) is 4.32. The highest BCUT2D eigenvalue weighted by molar-refractivity contribution is 7.07. The van der Waals surface area contributed by atoms with Crippen molar-refractivity contribution in [2.75, 3.05) is 0 Å². The zero-order valence-electron chi connectivity index (χ0n) is 10.9. The van der Waals surface area contributed by atoms with Gasteiger partial charge in [-0.15, -0.1) is 0 Å². The molecule has 3 nitrogen and oxygen atoms in total. The fourth-order valence-corrected chi connectivity index (χ4v) is 3.36. The number of amides is 1. The van der Waals surface area contributed by atoms with Crippen LogP contribution < -0.4 is 5.32 Å². The zero-order chi connectivity index (χ0) is 12.7. The van der Waals surface area contributed by atoms with Crippen molar-refractivity contribution in [1.29, 1.82) is 0 Å². The lowest BCUT2D eigenvalue weighted by molar-refractivity contribution is -0.131. The second-order valence-corrected chi connectivity index (χ2v) is 6.25. The monoisotopic (exact) mass is 264 g/mol. The molecule has 3 unspecified atom stereocenters. The summed E-state index contributed by atoms with van der Waals surface area (Å²) in [6.07, 6.45) is 3.48. The molecular weight excluding hydrogens is 244 g/mol. The smallest absolute Gasteiger partial charge is 0.241 e. The molecule has 0 radical (unpaired) electrons. The van der Waals surface area contributed by atoms with Crippen LogP contribution in [0.5, 0.6) is 0 Å². The number of thiophene rings is 1. The Hall–Kier alpha value is -0.870. The standard InChI is InChI=1S/C14H20N2OS/c1-3-9(2)12-14(17)16(11-4-5-11)13(15-12)10-6-7-18-8-10/h6-9,11-13,15H,3-5H2,1-2H3. The van der Waals surface area contributed by atoms with Crippen LogP contribution in [0.15, 0.2) is 16.8 Å². The van der Waals surface area contributed by atoms with E-state index in [1.165, 1.54) is 18.4 Å². The Labute approximate surface area is 112 Å². The molecule has 2 heterocycles. The predicted molar refractivity (Wildman–Crippen MR) is 73.3 cm³/mol. The zero-order valence-corrected chi connectivity index (χ0v) is 11.7. The lowest BCUT2D eigenvalue weighted by Crippen LogP contribution is -2.36. The highest BCUT2D eigenvalue weighted by atomic mass is 32.1. The normalized spacial score (nSPS) is 29.9. The molecule has 1 aliphatic heterocycles. The van der Waals surface area contributed by atoms with E-state index in [9.17, 15) is 4.79 Å². The Balaban J connectivity index is 1.86. The highest BCUT2D eigenvalue weighted by Crippen LogP contribution is 2.39. The predicted octanol–water partition coefficient (Wildman–Crippen LogP) is 2.76. The maximum absolute atomic E-state index is 12.6. The van der Waals surface area contributed by atoms with Crippen LogP contribution in [0.25, 0.3) is 0 Å². The topological polar surface area (TPSA) is 32.3 Å². The fraction of sp³-hybridized carbons (Fsp3) is 0.643. The molecule has 1 amide bonds. The van der Waals surface area contributed by atoms with Crippen LogP contribution in [0.3, 0.4) is 0 Å². The molecule has 1 aliphatic carbocycles. The van der Waals surface area contributed by atoms with Gasteiger partial charge in [0, 0.05) is 6.04 Å². The van der Waals surface area contributed by atoms with Crippen molar-refractivity contribution >= 4 is 17.2 Å². The van der Waals surface area contributed by atoms with Gasteiger partial charge in [0.2, 0.25) is 5.91 Å². The van der Waals surface area contributed by atoms with Crippen LogP contribution in [0.1, 0.15) is 44.8 Å². The molecule has 3 rings (SSSR count). The molecule has 2 fully saturated rings. The number of hydrogen-bond donors (Lipinski definition) is 1. The summed E-state index contributed by atoms with van der Waals surface area (Å²) >= 11 is 1.70. The summed E-state index contributed by atoms with van der Waals surface area (Å²) in [6, 6.07) is 2.61. The van der Waals surface area contributed by atoms with Crippen molar-refractivity contribution < 1.29 is 4.79 Å². The van der Waals surface area contributed by atoms with E-state index in [2.05, 4.69) is 40.9 Å². The van der Waals surface area contributed by atoms with E-state index in [1.54, 1.807) is 11.3 Å². The molecule has 1 aromatic rings. The third-order valence-corrected chi connectivity index (χ3v) is 4.85. The first kappa shape index (κ1) is 12.2. The van der Waals surface area contributed by atoms with E-state index in [4.69, 9.17) is 0 Å². The number of carbonyl (C=O) groups is 1. The molecule has 2 aliphatic rings. The summed E-state index contributed by atoms with van der Waals surface area (Å²) in [5.74, 6) is 0.713. The average Bonchev–Trinajstić information content (AvgIpc) is 2.94. The van der Waals surface area contributed by atoms with Gasteiger partial charge in [-0.3, -0.25) is 10.1 Å². The van der Waals surface area contributed by atoms with Gasteiger partial charge < -0.3 is 4.90 Å². The minimum absolute atomic E-state index is 0.000463. The summed E-state index contributed by atoms with van der Waals surface area (Å²) in [5.41, 5.74) is 1.24. The van der Waals surface area contributed by atoms with Crippen LogP contribution in [0.2, 0.25) is 0 Å². The molecule has 0 aromatic carbocycles. The van der Waals surface area contributed by atoms with Crippen molar-refractivity contribution in [3.8, 4) is 0 Å². The molecule has 0 bridgehead atoms. The number of rotatable bonds is 4. The molecule has 1 saturated carbocycles. The maximum atomic E-state index is 12.6. The van der Waals surface area contributed by atoms with Crippen LogP contribution >= 0.6 is 11.3 Å². The lowest BCUT2D eigenvalue weighted by Gasteiger charge is -2.23. The summed E-state index contributed by atoms with van der Waals surface area (Å²) < 4.78 is 0. The largest absolute Gasteiger partial charge is 0.319 e. The van der Waals surface area contributed by atoms with Gasteiger partial charge in [-0.1, -0.05) is 20.3 Å². The summed E-state index contributed by atoms with van der Waals surface area (Å²) in [5, 5.41) is 7.79. The molecular formula is C14H20N2OS. The molecule has 1 saturated heterocycles. The lowest BCUT2D eigenvalue weighted by atomic mass is 9.99. The number of carbonyl (C=O) groups excluding carboxylic acids is 1. The van der Waals surface area contributed by atoms with Crippen molar-refractivity contribution in [3.63, 3.8) is 0 Å².